The second-order valence-corrected chi connectivity index (χ2v) is 8.99. The molecule has 1 saturated carbocycles. The molecule has 0 radical (unpaired) electrons. The zero-order valence-electron chi connectivity index (χ0n) is 14.4. The number of sulfone groups is 1. The van der Waals surface area contributed by atoms with Crippen molar-refractivity contribution in [2.45, 2.75) is 63.5 Å². The molecule has 0 spiro atoms. The molecule has 2 rings (SSSR count). The van der Waals surface area contributed by atoms with Gasteiger partial charge in [-0.15, -0.1) is 0 Å². The van der Waals surface area contributed by atoms with Crippen molar-refractivity contribution >= 4 is 15.8 Å². The highest BCUT2D eigenvalue weighted by Gasteiger charge is 2.33. The quantitative estimate of drug-likeness (QED) is 0.563. The molecule has 1 aliphatic heterocycles. The average molecular weight is 346 g/mol. The summed E-state index contributed by atoms with van der Waals surface area (Å²) in [6.07, 6.45) is 7.53. The Morgan fingerprint density at radius 2 is 2.04 bits per heavy atom. The summed E-state index contributed by atoms with van der Waals surface area (Å²) in [6.45, 7) is 3.64. The summed E-state index contributed by atoms with van der Waals surface area (Å²) in [5.74, 6) is 1.15. The molecular weight excluding hydrogens is 314 g/mol. The lowest BCUT2D eigenvalue weighted by atomic mass is 9.84. The Labute approximate surface area is 140 Å². The van der Waals surface area contributed by atoms with E-state index in [4.69, 9.17) is 4.74 Å². The van der Waals surface area contributed by atoms with Gasteiger partial charge in [0.25, 0.3) is 0 Å². The van der Waals surface area contributed by atoms with E-state index < -0.39 is 9.84 Å². The monoisotopic (exact) mass is 345 g/mol. The smallest absolute Gasteiger partial charge is 0.191 e. The molecule has 2 N–H and O–H groups in total. The summed E-state index contributed by atoms with van der Waals surface area (Å²) >= 11 is 0. The van der Waals surface area contributed by atoms with Gasteiger partial charge < -0.3 is 15.4 Å². The van der Waals surface area contributed by atoms with Crippen molar-refractivity contribution in [3.63, 3.8) is 0 Å². The topological polar surface area (TPSA) is 79.8 Å². The number of aliphatic imine (C=N–C) groups is 1. The predicted octanol–water partition coefficient (Wildman–Crippen LogP) is 1.47. The van der Waals surface area contributed by atoms with Crippen LogP contribution in [0.25, 0.3) is 0 Å². The second kappa shape index (κ2) is 8.33. The lowest BCUT2D eigenvalue weighted by molar-refractivity contribution is -0.0657. The minimum atomic E-state index is -2.88. The molecule has 1 saturated heterocycles. The van der Waals surface area contributed by atoms with Crippen molar-refractivity contribution in [1.29, 1.82) is 0 Å². The van der Waals surface area contributed by atoms with Crippen LogP contribution in [0.4, 0.5) is 0 Å². The Morgan fingerprint density at radius 1 is 1.30 bits per heavy atom. The molecule has 1 atom stereocenters. The van der Waals surface area contributed by atoms with Gasteiger partial charge in [0.1, 0.15) is 0 Å². The van der Waals surface area contributed by atoms with Crippen LogP contribution in [0, 0.1) is 0 Å². The molecule has 1 heterocycles. The van der Waals surface area contributed by atoms with E-state index in [2.05, 4.69) is 22.5 Å². The SMILES string of the molecule is CCCOC1(CNC(=NC)NC2CCS(=O)(=O)C2)CCCCC1. The first-order chi connectivity index (χ1) is 11.0. The molecule has 2 aliphatic rings. The van der Waals surface area contributed by atoms with Crippen molar-refractivity contribution in [2.24, 2.45) is 4.99 Å². The average Bonchev–Trinajstić information content (AvgIpc) is 2.89. The summed E-state index contributed by atoms with van der Waals surface area (Å²) in [5.41, 5.74) is -0.104. The lowest BCUT2D eigenvalue weighted by Gasteiger charge is -2.38. The van der Waals surface area contributed by atoms with Crippen LogP contribution in [-0.4, -0.2) is 57.7 Å². The second-order valence-electron chi connectivity index (χ2n) is 6.76. The number of nitrogens with one attached hydrogen (secondary N) is 2. The summed E-state index contributed by atoms with van der Waals surface area (Å²) in [7, 11) is -1.16. The fourth-order valence-electron chi connectivity index (χ4n) is 3.43. The Kier molecular flexibility index (Phi) is 6.71. The standard InChI is InChI=1S/C16H31N3O3S/c1-3-10-22-16(8-5-4-6-9-16)13-18-15(17-2)19-14-7-11-23(20,21)12-14/h14H,3-13H2,1-2H3,(H2,17,18,19). The molecule has 0 amide bonds. The van der Waals surface area contributed by atoms with E-state index in [1.165, 1.54) is 19.3 Å². The molecule has 0 aromatic carbocycles. The Hall–Kier alpha value is -0.820. The third-order valence-corrected chi connectivity index (χ3v) is 6.52. The zero-order valence-corrected chi connectivity index (χ0v) is 15.3. The van der Waals surface area contributed by atoms with Crippen molar-refractivity contribution in [1.82, 2.24) is 10.6 Å². The van der Waals surface area contributed by atoms with Crippen LogP contribution < -0.4 is 10.6 Å². The number of hydrogen-bond donors (Lipinski definition) is 2. The highest BCUT2D eigenvalue weighted by Crippen LogP contribution is 2.31. The Morgan fingerprint density at radius 3 is 2.61 bits per heavy atom. The number of nitrogens with zero attached hydrogens (tertiary/aromatic N) is 1. The Balaban J connectivity index is 1.87. The molecule has 1 aliphatic carbocycles. The summed E-state index contributed by atoms with van der Waals surface area (Å²) in [5, 5.41) is 6.60. The molecule has 2 fully saturated rings. The van der Waals surface area contributed by atoms with Crippen LogP contribution in [0.5, 0.6) is 0 Å². The molecule has 0 aromatic heterocycles. The molecule has 7 heteroatoms. The van der Waals surface area contributed by atoms with Gasteiger partial charge in [0, 0.05) is 26.2 Å². The van der Waals surface area contributed by atoms with Crippen molar-refractivity contribution < 1.29 is 13.2 Å². The molecule has 1 unspecified atom stereocenters. The fraction of sp³-hybridized carbons (Fsp3) is 0.938. The van der Waals surface area contributed by atoms with Crippen LogP contribution in [0.2, 0.25) is 0 Å². The van der Waals surface area contributed by atoms with Crippen molar-refractivity contribution in [2.75, 3.05) is 31.7 Å². The third-order valence-electron chi connectivity index (χ3n) is 4.75. The molecule has 134 valence electrons. The van der Waals surface area contributed by atoms with E-state index in [0.29, 0.717) is 12.4 Å². The normalized spacial score (nSPS) is 26.9. The van der Waals surface area contributed by atoms with Gasteiger partial charge in [-0.2, -0.15) is 0 Å². The van der Waals surface area contributed by atoms with Crippen molar-refractivity contribution in [3.8, 4) is 0 Å². The molecule has 0 aromatic rings. The van der Waals surface area contributed by atoms with E-state index in [0.717, 1.165) is 32.4 Å². The Bertz CT molecular complexity index is 499. The zero-order chi connectivity index (χ0) is 16.8. The van der Waals surface area contributed by atoms with Crippen LogP contribution in [-0.2, 0) is 14.6 Å². The van der Waals surface area contributed by atoms with Crippen molar-refractivity contribution in [3.05, 3.63) is 0 Å². The maximum absolute atomic E-state index is 11.6. The summed E-state index contributed by atoms with van der Waals surface area (Å²) in [4.78, 5) is 4.24. The summed E-state index contributed by atoms with van der Waals surface area (Å²) in [6, 6.07) is -0.0370. The highest BCUT2D eigenvalue weighted by atomic mass is 32.2. The van der Waals surface area contributed by atoms with Gasteiger partial charge in [0.05, 0.1) is 17.1 Å². The number of ether oxygens (including phenoxy) is 1. The molecule has 23 heavy (non-hydrogen) atoms. The maximum Gasteiger partial charge on any atom is 0.191 e. The minimum absolute atomic E-state index is 0.0370. The van der Waals surface area contributed by atoms with Gasteiger partial charge in [0.2, 0.25) is 0 Å². The van der Waals surface area contributed by atoms with Crippen LogP contribution in [0.15, 0.2) is 4.99 Å². The van der Waals surface area contributed by atoms with Crippen LogP contribution in [0.1, 0.15) is 51.9 Å². The number of rotatable bonds is 6. The van der Waals surface area contributed by atoms with Gasteiger partial charge in [0.15, 0.2) is 15.8 Å². The van der Waals surface area contributed by atoms with Crippen LogP contribution >= 0.6 is 0 Å². The van der Waals surface area contributed by atoms with Gasteiger partial charge >= 0.3 is 0 Å². The largest absolute Gasteiger partial charge is 0.373 e. The maximum atomic E-state index is 11.6. The van der Waals surface area contributed by atoms with Gasteiger partial charge in [-0.25, -0.2) is 8.42 Å². The first-order valence-electron chi connectivity index (χ1n) is 8.80. The van der Waals surface area contributed by atoms with Gasteiger partial charge in [-0.05, 0) is 25.7 Å². The molecule has 6 nitrogen and oxygen atoms in total. The summed E-state index contributed by atoms with van der Waals surface area (Å²) < 4.78 is 29.3. The van der Waals surface area contributed by atoms with Gasteiger partial charge in [-0.3, -0.25) is 4.99 Å². The third kappa shape index (κ3) is 5.64. The predicted molar refractivity (Wildman–Crippen MR) is 93.6 cm³/mol. The fourth-order valence-corrected chi connectivity index (χ4v) is 5.10. The van der Waals surface area contributed by atoms with E-state index in [1.54, 1.807) is 7.05 Å². The van der Waals surface area contributed by atoms with E-state index in [1.807, 2.05) is 0 Å². The minimum Gasteiger partial charge on any atom is -0.373 e. The van der Waals surface area contributed by atoms with Crippen LogP contribution in [0.3, 0.4) is 0 Å². The lowest BCUT2D eigenvalue weighted by Crippen LogP contribution is -2.51. The van der Waals surface area contributed by atoms with E-state index >= 15 is 0 Å². The molecular formula is C16H31N3O3S. The van der Waals surface area contributed by atoms with E-state index in [-0.39, 0.29) is 23.1 Å². The van der Waals surface area contributed by atoms with Gasteiger partial charge in [-0.1, -0.05) is 26.2 Å². The number of hydrogen-bond acceptors (Lipinski definition) is 4. The molecule has 0 bridgehead atoms. The van der Waals surface area contributed by atoms with E-state index in [9.17, 15) is 8.42 Å². The first-order valence-corrected chi connectivity index (χ1v) is 10.6. The first kappa shape index (κ1) is 18.5. The number of guanidine groups is 1. The highest BCUT2D eigenvalue weighted by molar-refractivity contribution is 7.91.